The molecule has 2 aromatic heterocycles. The van der Waals surface area contributed by atoms with Crippen LogP contribution in [0.2, 0.25) is 0 Å². The molecule has 0 aliphatic heterocycles. The summed E-state index contributed by atoms with van der Waals surface area (Å²) in [5, 5.41) is 2.71. The lowest BCUT2D eigenvalue weighted by Crippen LogP contribution is -2.13. The average Bonchev–Trinajstić information content (AvgIpc) is 2.81. The average molecular weight is 317 g/mol. The Morgan fingerprint density at radius 3 is 2.84 bits per heavy atom. The fourth-order valence-electron chi connectivity index (χ4n) is 1.74. The summed E-state index contributed by atoms with van der Waals surface area (Å²) in [4.78, 5) is 23.4. The number of carbonyl (C=O) groups is 1. The molecule has 0 saturated carbocycles. The Balaban J connectivity index is 1.89. The molecule has 6 heteroatoms. The van der Waals surface area contributed by atoms with Crippen LogP contribution in [0, 0.1) is 0 Å². The van der Waals surface area contributed by atoms with Gasteiger partial charge in [-0.2, -0.15) is 0 Å². The van der Waals surface area contributed by atoms with Crippen molar-refractivity contribution >= 4 is 38.8 Å². The van der Waals surface area contributed by atoms with Crippen LogP contribution in [0.25, 0.3) is 11.0 Å². The molecule has 0 atom stereocenters. The van der Waals surface area contributed by atoms with Crippen molar-refractivity contribution in [1.82, 2.24) is 15.0 Å². The number of imidazole rings is 1. The van der Waals surface area contributed by atoms with E-state index in [1.165, 1.54) is 0 Å². The van der Waals surface area contributed by atoms with Crippen LogP contribution >= 0.6 is 15.9 Å². The Hall–Kier alpha value is -2.21. The number of aromatic amines is 1. The van der Waals surface area contributed by atoms with E-state index in [4.69, 9.17) is 0 Å². The number of anilines is 1. The summed E-state index contributed by atoms with van der Waals surface area (Å²) in [7, 11) is 0. The first-order valence-electron chi connectivity index (χ1n) is 5.60. The minimum atomic E-state index is -0.265. The van der Waals surface area contributed by atoms with E-state index in [1.807, 2.05) is 24.3 Å². The van der Waals surface area contributed by atoms with Gasteiger partial charge in [-0.3, -0.25) is 10.1 Å². The number of carbonyl (C=O) groups excluding carboxylic acids is 1. The molecule has 19 heavy (non-hydrogen) atoms. The Morgan fingerprint density at radius 1 is 1.21 bits per heavy atom. The molecule has 1 amide bonds. The lowest BCUT2D eigenvalue weighted by molar-refractivity contribution is 0.102. The highest BCUT2D eigenvalue weighted by Crippen LogP contribution is 2.16. The van der Waals surface area contributed by atoms with E-state index in [2.05, 4.69) is 36.2 Å². The molecule has 3 rings (SSSR count). The summed E-state index contributed by atoms with van der Waals surface area (Å²) in [6.45, 7) is 0. The molecule has 3 aromatic rings. The summed E-state index contributed by atoms with van der Waals surface area (Å²) in [5.74, 6) is 0.154. The van der Waals surface area contributed by atoms with Gasteiger partial charge < -0.3 is 4.98 Å². The summed E-state index contributed by atoms with van der Waals surface area (Å²) < 4.78 is 0.503. The van der Waals surface area contributed by atoms with Crippen molar-refractivity contribution in [3.05, 3.63) is 52.8 Å². The van der Waals surface area contributed by atoms with Crippen molar-refractivity contribution in [2.45, 2.75) is 0 Å². The molecule has 0 unspecified atom stereocenters. The van der Waals surface area contributed by atoms with Crippen molar-refractivity contribution < 1.29 is 4.79 Å². The fourth-order valence-corrected chi connectivity index (χ4v) is 2.17. The van der Waals surface area contributed by atoms with Crippen LogP contribution in [-0.2, 0) is 0 Å². The van der Waals surface area contributed by atoms with Crippen LogP contribution in [0.3, 0.4) is 0 Å². The van der Waals surface area contributed by atoms with E-state index in [1.54, 1.807) is 18.3 Å². The van der Waals surface area contributed by atoms with E-state index in [9.17, 15) is 4.79 Å². The number of fused-ring (bicyclic) bond motifs is 1. The molecule has 2 heterocycles. The van der Waals surface area contributed by atoms with Crippen molar-refractivity contribution in [1.29, 1.82) is 0 Å². The van der Waals surface area contributed by atoms with Crippen molar-refractivity contribution in [2.24, 2.45) is 0 Å². The van der Waals surface area contributed by atoms with Gasteiger partial charge >= 0.3 is 0 Å². The number of H-pyrrole nitrogens is 1. The highest BCUT2D eigenvalue weighted by Gasteiger charge is 2.12. The molecule has 0 spiro atoms. The number of nitrogens with one attached hydrogen (secondary N) is 2. The van der Waals surface area contributed by atoms with Gasteiger partial charge in [0.15, 0.2) is 0 Å². The summed E-state index contributed by atoms with van der Waals surface area (Å²) in [6.07, 6.45) is 1.61. The maximum absolute atomic E-state index is 12.1. The maximum atomic E-state index is 12.1. The summed E-state index contributed by atoms with van der Waals surface area (Å²) >= 11 is 3.24. The number of hydrogen-bond acceptors (Lipinski definition) is 3. The summed E-state index contributed by atoms with van der Waals surface area (Å²) in [6, 6.07) is 11.0. The van der Waals surface area contributed by atoms with Crippen molar-refractivity contribution in [3.63, 3.8) is 0 Å². The number of amides is 1. The van der Waals surface area contributed by atoms with E-state index < -0.39 is 0 Å². The van der Waals surface area contributed by atoms with Crippen molar-refractivity contribution in [2.75, 3.05) is 5.32 Å². The van der Waals surface area contributed by atoms with Crippen LogP contribution in [0.15, 0.2) is 47.2 Å². The maximum Gasteiger partial charge on any atom is 0.260 e. The second kappa shape index (κ2) is 4.81. The van der Waals surface area contributed by atoms with Gasteiger partial charge in [-0.1, -0.05) is 12.1 Å². The van der Waals surface area contributed by atoms with Gasteiger partial charge in [0.2, 0.25) is 5.95 Å². The molecule has 0 radical (unpaired) electrons. The first-order valence-corrected chi connectivity index (χ1v) is 6.40. The number of benzene rings is 1. The topological polar surface area (TPSA) is 70.7 Å². The lowest BCUT2D eigenvalue weighted by Gasteiger charge is -2.02. The number of pyridine rings is 1. The number of hydrogen-bond donors (Lipinski definition) is 2. The van der Waals surface area contributed by atoms with Crippen LogP contribution in [0.1, 0.15) is 10.4 Å². The van der Waals surface area contributed by atoms with Gasteiger partial charge in [-0.05, 0) is 40.2 Å². The Kier molecular flexibility index (Phi) is 3.00. The van der Waals surface area contributed by atoms with Crippen molar-refractivity contribution in [3.8, 4) is 0 Å². The Bertz CT molecular complexity index is 720. The monoisotopic (exact) mass is 316 g/mol. The van der Waals surface area contributed by atoms with Gasteiger partial charge in [-0.25, -0.2) is 9.97 Å². The van der Waals surface area contributed by atoms with Gasteiger partial charge in [0, 0.05) is 6.20 Å². The standard InChI is InChI=1S/C13H9BrN4O/c14-11-8(4-3-7-15-11)12(19)18-13-16-9-5-1-2-6-10(9)17-13/h1-7H,(H2,16,17,18,19). The number of aromatic nitrogens is 3. The van der Waals surface area contributed by atoms with Crippen LogP contribution in [-0.4, -0.2) is 20.9 Å². The molecular weight excluding hydrogens is 308 g/mol. The molecule has 0 aliphatic carbocycles. The lowest BCUT2D eigenvalue weighted by atomic mass is 10.3. The first-order chi connectivity index (χ1) is 9.24. The normalized spacial score (nSPS) is 10.6. The molecule has 1 aromatic carbocycles. The summed E-state index contributed by atoms with van der Waals surface area (Å²) in [5.41, 5.74) is 2.15. The molecular formula is C13H9BrN4O. The highest BCUT2D eigenvalue weighted by molar-refractivity contribution is 9.10. The van der Waals surface area contributed by atoms with Gasteiger partial charge in [0.05, 0.1) is 16.6 Å². The third-order valence-electron chi connectivity index (χ3n) is 2.63. The fraction of sp³-hybridized carbons (Fsp3) is 0. The minimum Gasteiger partial charge on any atom is -0.324 e. The first kappa shape index (κ1) is 11.9. The van der Waals surface area contributed by atoms with Crippen LogP contribution in [0.4, 0.5) is 5.95 Å². The van der Waals surface area contributed by atoms with E-state index >= 15 is 0 Å². The SMILES string of the molecule is O=C(Nc1nc2ccccc2[nH]1)c1cccnc1Br. The zero-order valence-corrected chi connectivity index (χ0v) is 11.3. The van der Waals surface area contributed by atoms with Gasteiger partial charge in [0.1, 0.15) is 4.60 Å². The van der Waals surface area contributed by atoms with E-state index in [0.29, 0.717) is 16.1 Å². The third kappa shape index (κ3) is 2.34. The molecule has 0 bridgehead atoms. The Morgan fingerprint density at radius 2 is 2.05 bits per heavy atom. The third-order valence-corrected chi connectivity index (χ3v) is 3.26. The molecule has 94 valence electrons. The Labute approximate surface area is 117 Å². The molecule has 5 nitrogen and oxygen atoms in total. The number of halogens is 1. The zero-order chi connectivity index (χ0) is 13.2. The molecule has 2 N–H and O–H groups in total. The predicted molar refractivity (Wildman–Crippen MR) is 76.0 cm³/mol. The van der Waals surface area contributed by atoms with Crippen LogP contribution in [0.5, 0.6) is 0 Å². The van der Waals surface area contributed by atoms with Gasteiger partial charge in [0.25, 0.3) is 5.91 Å². The number of nitrogens with zero attached hydrogens (tertiary/aromatic N) is 2. The molecule has 0 aliphatic rings. The number of para-hydroxylation sites is 2. The minimum absolute atomic E-state index is 0.265. The van der Waals surface area contributed by atoms with Gasteiger partial charge in [-0.15, -0.1) is 0 Å². The van der Waals surface area contributed by atoms with E-state index in [0.717, 1.165) is 11.0 Å². The predicted octanol–water partition coefficient (Wildman–Crippen LogP) is 2.97. The quantitative estimate of drug-likeness (QED) is 0.714. The number of rotatable bonds is 2. The zero-order valence-electron chi connectivity index (χ0n) is 9.72. The van der Waals surface area contributed by atoms with Crippen LogP contribution < -0.4 is 5.32 Å². The second-order valence-corrected chi connectivity index (χ2v) is 4.65. The largest absolute Gasteiger partial charge is 0.324 e. The second-order valence-electron chi connectivity index (χ2n) is 3.90. The smallest absolute Gasteiger partial charge is 0.260 e. The highest BCUT2D eigenvalue weighted by atomic mass is 79.9. The molecule has 0 fully saturated rings. The van der Waals surface area contributed by atoms with E-state index in [-0.39, 0.29) is 5.91 Å². The molecule has 0 saturated heterocycles.